The number of carbonyl (C=O) groups is 1. The van der Waals surface area contributed by atoms with Gasteiger partial charge in [0, 0.05) is 30.9 Å². The fourth-order valence-electron chi connectivity index (χ4n) is 5.65. The number of nitrogens with zero attached hydrogens (tertiary/aromatic N) is 2. The zero-order valence-electron chi connectivity index (χ0n) is 21.6. The number of aliphatic hydroxyl groups is 1. The van der Waals surface area contributed by atoms with Gasteiger partial charge in [-0.25, -0.2) is 8.42 Å². The number of sulfone groups is 1. The van der Waals surface area contributed by atoms with E-state index in [1.165, 1.54) is 49.1 Å². The van der Waals surface area contributed by atoms with Gasteiger partial charge in [-0.15, -0.1) is 0 Å². The van der Waals surface area contributed by atoms with Crippen molar-refractivity contribution in [2.45, 2.75) is 76.4 Å². The Morgan fingerprint density at radius 3 is 2.53 bits per heavy atom. The Labute approximate surface area is 215 Å². The number of rotatable bonds is 9. The van der Waals surface area contributed by atoms with Crippen molar-refractivity contribution in [3.63, 3.8) is 0 Å². The molecule has 0 radical (unpaired) electrons. The molecule has 2 atom stereocenters. The molecule has 1 aliphatic carbocycles. The fraction of sp³-hybridized carbons (Fsp3) is 0.571. The van der Waals surface area contributed by atoms with Crippen LogP contribution in [0.25, 0.3) is 0 Å². The Bertz CT molecular complexity index is 1160. The van der Waals surface area contributed by atoms with Gasteiger partial charge in [0.2, 0.25) is 0 Å². The lowest BCUT2D eigenvalue weighted by Gasteiger charge is -2.32. The van der Waals surface area contributed by atoms with Crippen LogP contribution in [0.2, 0.25) is 0 Å². The summed E-state index contributed by atoms with van der Waals surface area (Å²) in [5, 5.41) is 12.8. The summed E-state index contributed by atoms with van der Waals surface area (Å²) in [5.74, 6) is 1.31. The highest BCUT2D eigenvalue weighted by Crippen LogP contribution is 2.39. The molecule has 1 aromatic heterocycles. The van der Waals surface area contributed by atoms with Crippen LogP contribution in [0.1, 0.15) is 92.1 Å². The van der Waals surface area contributed by atoms with E-state index in [0.717, 1.165) is 31.3 Å². The largest absolute Gasteiger partial charge is 0.394 e. The molecule has 7 nitrogen and oxygen atoms in total. The Kier molecular flexibility index (Phi) is 8.48. The first kappa shape index (κ1) is 26.8. The predicted octanol–water partition coefficient (Wildman–Crippen LogP) is 4.43. The van der Waals surface area contributed by atoms with Crippen molar-refractivity contribution in [3.8, 4) is 0 Å². The molecule has 2 aromatic rings. The Morgan fingerprint density at radius 1 is 1.17 bits per heavy atom. The first-order chi connectivity index (χ1) is 17.2. The van der Waals surface area contributed by atoms with Gasteiger partial charge < -0.3 is 10.4 Å². The normalized spacial score (nSPS) is 23.3. The van der Waals surface area contributed by atoms with E-state index in [-0.39, 0.29) is 23.2 Å². The standard InChI is InChI=1S/C28H39N3O4S/c1-4-27-24-12-10-21(14-22(24)17-31(27)16-20-8-6-19(3)7-9-20)28(33)30-26(18-32)25-13-11-23(15-29-25)36(34,35)5-2/h10-15,19-20,26-27,32H,4-9,16-18H2,1-3H3,(H,30,33)/t19?,20?,26-,27-/m0/s1. The molecule has 196 valence electrons. The van der Waals surface area contributed by atoms with Gasteiger partial charge >= 0.3 is 0 Å². The number of pyridine rings is 1. The number of nitrogens with one attached hydrogen (secondary N) is 1. The van der Waals surface area contributed by atoms with E-state index in [0.29, 0.717) is 17.3 Å². The van der Waals surface area contributed by atoms with Gasteiger partial charge in [0.1, 0.15) is 0 Å². The smallest absolute Gasteiger partial charge is 0.251 e. The van der Waals surface area contributed by atoms with Gasteiger partial charge in [0.05, 0.1) is 29.0 Å². The molecule has 4 rings (SSSR count). The van der Waals surface area contributed by atoms with Crippen molar-refractivity contribution in [1.82, 2.24) is 15.2 Å². The third kappa shape index (κ3) is 5.82. The summed E-state index contributed by atoms with van der Waals surface area (Å²) < 4.78 is 24.1. The number of benzene rings is 1. The number of hydrogen-bond acceptors (Lipinski definition) is 6. The number of fused-ring (bicyclic) bond motifs is 1. The van der Waals surface area contributed by atoms with E-state index >= 15 is 0 Å². The summed E-state index contributed by atoms with van der Waals surface area (Å²) in [4.78, 5) is 20.0. The maximum atomic E-state index is 13.1. The van der Waals surface area contributed by atoms with Gasteiger partial charge in [0.15, 0.2) is 9.84 Å². The molecule has 1 amide bonds. The van der Waals surface area contributed by atoms with Crippen LogP contribution < -0.4 is 5.32 Å². The molecule has 0 bridgehead atoms. The molecule has 2 N–H and O–H groups in total. The first-order valence-corrected chi connectivity index (χ1v) is 14.9. The van der Waals surface area contributed by atoms with Crippen molar-refractivity contribution in [2.75, 3.05) is 18.9 Å². The van der Waals surface area contributed by atoms with Gasteiger partial charge in [-0.1, -0.05) is 39.7 Å². The van der Waals surface area contributed by atoms with Gasteiger partial charge in [-0.05, 0) is 66.5 Å². The topological polar surface area (TPSA) is 99.6 Å². The monoisotopic (exact) mass is 513 g/mol. The highest BCUT2D eigenvalue weighted by molar-refractivity contribution is 7.91. The molecule has 0 saturated heterocycles. The lowest BCUT2D eigenvalue weighted by atomic mass is 9.82. The van der Waals surface area contributed by atoms with E-state index in [2.05, 4.69) is 35.1 Å². The van der Waals surface area contributed by atoms with Gasteiger partial charge in [-0.2, -0.15) is 0 Å². The lowest BCUT2D eigenvalue weighted by molar-refractivity contribution is 0.0914. The molecule has 0 unspecified atom stereocenters. The zero-order valence-corrected chi connectivity index (χ0v) is 22.4. The average molecular weight is 514 g/mol. The Morgan fingerprint density at radius 2 is 1.92 bits per heavy atom. The predicted molar refractivity (Wildman–Crippen MR) is 140 cm³/mol. The number of aliphatic hydroxyl groups excluding tert-OH is 1. The maximum Gasteiger partial charge on any atom is 0.251 e. The second-order valence-electron chi connectivity index (χ2n) is 10.4. The Hall–Kier alpha value is -2.29. The van der Waals surface area contributed by atoms with Crippen LogP contribution in [0.4, 0.5) is 0 Å². The van der Waals surface area contributed by atoms with Crippen molar-refractivity contribution in [2.24, 2.45) is 11.8 Å². The molecule has 1 aliphatic heterocycles. The van der Waals surface area contributed by atoms with Crippen LogP contribution in [0.5, 0.6) is 0 Å². The van der Waals surface area contributed by atoms with Gasteiger partial charge in [-0.3, -0.25) is 14.7 Å². The zero-order chi connectivity index (χ0) is 25.9. The molecule has 2 aliphatic rings. The third-order valence-corrected chi connectivity index (χ3v) is 9.66. The molecular weight excluding hydrogens is 474 g/mol. The van der Waals surface area contributed by atoms with Crippen LogP contribution in [-0.4, -0.2) is 48.2 Å². The fourth-order valence-corrected chi connectivity index (χ4v) is 6.47. The quantitative estimate of drug-likeness (QED) is 0.515. The van der Waals surface area contributed by atoms with E-state index in [4.69, 9.17) is 0 Å². The van der Waals surface area contributed by atoms with Crippen molar-refractivity contribution in [1.29, 1.82) is 0 Å². The number of hydrogen-bond donors (Lipinski definition) is 2. The maximum absolute atomic E-state index is 13.1. The molecule has 2 heterocycles. The molecule has 1 saturated carbocycles. The van der Waals surface area contributed by atoms with Crippen molar-refractivity contribution in [3.05, 3.63) is 58.9 Å². The molecule has 1 aromatic carbocycles. The van der Waals surface area contributed by atoms with E-state index < -0.39 is 15.9 Å². The highest BCUT2D eigenvalue weighted by atomic mass is 32.2. The summed E-state index contributed by atoms with van der Waals surface area (Å²) >= 11 is 0. The summed E-state index contributed by atoms with van der Waals surface area (Å²) in [6.07, 6.45) is 7.59. The minimum Gasteiger partial charge on any atom is -0.394 e. The van der Waals surface area contributed by atoms with Crippen LogP contribution in [-0.2, 0) is 16.4 Å². The minimum atomic E-state index is -3.36. The van der Waals surface area contributed by atoms with Crippen molar-refractivity contribution < 1.29 is 18.3 Å². The molecular formula is C28H39N3O4S. The van der Waals surface area contributed by atoms with Crippen LogP contribution in [0.15, 0.2) is 41.4 Å². The van der Waals surface area contributed by atoms with E-state index in [1.807, 2.05) is 12.1 Å². The van der Waals surface area contributed by atoms with Crippen LogP contribution in [0.3, 0.4) is 0 Å². The molecule has 8 heteroatoms. The summed E-state index contributed by atoms with van der Waals surface area (Å²) in [6, 6.07) is 8.61. The van der Waals surface area contributed by atoms with Crippen LogP contribution in [0, 0.1) is 11.8 Å². The lowest BCUT2D eigenvalue weighted by Crippen LogP contribution is -2.31. The number of carbonyl (C=O) groups excluding carboxylic acids is 1. The minimum absolute atomic E-state index is 0.0112. The first-order valence-electron chi connectivity index (χ1n) is 13.2. The third-order valence-electron chi connectivity index (χ3n) is 7.94. The van der Waals surface area contributed by atoms with E-state index in [9.17, 15) is 18.3 Å². The van der Waals surface area contributed by atoms with E-state index in [1.54, 1.807) is 13.0 Å². The number of amides is 1. The molecule has 0 spiro atoms. The molecule has 1 fully saturated rings. The SMILES string of the molecule is CC[C@H]1c2ccc(C(=O)N[C@@H](CO)c3ccc(S(=O)(=O)CC)cn3)cc2CN1CC1CCC(C)CC1. The Balaban J connectivity index is 1.44. The van der Waals surface area contributed by atoms with Crippen LogP contribution >= 0.6 is 0 Å². The summed E-state index contributed by atoms with van der Waals surface area (Å²) in [5.41, 5.74) is 3.49. The second kappa shape index (κ2) is 11.4. The summed E-state index contributed by atoms with van der Waals surface area (Å²) in [6.45, 7) is 7.80. The number of aromatic nitrogens is 1. The highest BCUT2D eigenvalue weighted by Gasteiger charge is 2.32. The summed E-state index contributed by atoms with van der Waals surface area (Å²) in [7, 11) is -3.36. The average Bonchev–Trinajstić information content (AvgIpc) is 3.24. The van der Waals surface area contributed by atoms with Gasteiger partial charge in [0.25, 0.3) is 5.91 Å². The second-order valence-corrected chi connectivity index (χ2v) is 12.7. The van der Waals surface area contributed by atoms with Crippen molar-refractivity contribution >= 4 is 15.7 Å². The molecule has 36 heavy (non-hydrogen) atoms.